The fourth-order valence-corrected chi connectivity index (χ4v) is 2.43. The molecular weight excluding hydrogens is 334 g/mol. The highest BCUT2D eigenvalue weighted by atomic mass is 16.5. The summed E-state index contributed by atoms with van der Waals surface area (Å²) in [5.41, 5.74) is 1.17. The Hall–Kier alpha value is -2.70. The highest BCUT2D eigenvalue weighted by Crippen LogP contribution is 2.13. The van der Waals surface area contributed by atoms with Gasteiger partial charge in [-0.1, -0.05) is 43.7 Å². The first kappa shape index (κ1) is 19.6. The van der Waals surface area contributed by atoms with Gasteiger partial charge in [-0.25, -0.2) is 9.80 Å². The number of carbonyl (C=O) groups is 3. The number of hydrogen-bond donors (Lipinski definition) is 1. The fourth-order valence-electron chi connectivity index (χ4n) is 2.43. The van der Waals surface area contributed by atoms with E-state index in [1.807, 2.05) is 37.3 Å². The molecule has 0 saturated heterocycles. The van der Waals surface area contributed by atoms with Crippen molar-refractivity contribution < 1.29 is 19.1 Å². The summed E-state index contributed by atoms with van der Waals surface area (Å²) in [4.78, 5) is 36.3. The van der Waals surface area contributed by atoms with Gasteiger partial charge in [0, 0.05) is 12.8 Å². The van der Waals surface area contributed by atoms with E-state index in [4.69, 9.17) is 4.74 Å². The van der Waals surface area contributed by atoms with Gasteiger partial charge in [0.25, 0.3) is 5.91 Å². The SMILES string of the molecule is CCCCOC(=O)C(C)NC(=O)C1=NN(Cc2ccccc2)C(=O)CC1. The number of benzene rings is 1. The Morgan fingerprint density at radius 1 is 1.27 bits per heavy atom. The predicted octanol–water partition coefficient (Wildman–Crippen LogP) is 2.01. The minimum absolute atomic E-state index is 0.127. The van der Waals surface area contributed by atoms with E-state index in [-0.39, 0.29) is 24.5 Å². The number of hydrogen-bond acceptors (Lipinski definition) is 5. The molecule has 1 heterocycles. The van der Waals surface area contributed by atoms with Gasteiger partial charge in [0.2, 0.25) is 5.91 Å². The molecule has 1 atom stereocenters. The number of nitrogens with zero attached hydrogens (tertiary/aromatic N) is 2. The number of amides is 2. The van der Waals surface area contributed by atoms with Crippen LogP contribution in [-0.4, -0.2) is 41.2 Å². The van der Waals surface area contributed by atoms with Gasteiger partial charge >= 0.3 is 5.97 Å². The molecule has 0 spiro atoms. The van der Waals surface area contributed by atoms with Gasteiger partial charge in [0.15, 0.2) is 0 Å². The van der Waals surface area contributed by atoms with Gasteiger partial charge in [0.1, 0.15) is 11.8 Å². The third-order valence-corrected chi connectivity index (χ3v) is 3.99. The minimum Gasteiger partial charge on any atom is -0.464 e. The second-order valence-electron chi connectivity index (χ2n) is 6.20. The van der Waals surface area contributed by atoms with E-state index in [1.54, 1.807) is 6.92 Å². The Kier molecular flexibility index (Phi) is 7.32. The van der Waals surface area contributed by atoms with Crippen molar-refractivity contribution >= 4 is 23.5 Å². The van der Waals surface area contributed by atoms with Crippen molar-refractivity contribution in [2.45, 2.75) is 52.1 Å². The summed E-state index contributed by atoms with van der Waals surface area (Å²) in [5.74, 6) is -1.05. The van der Waals surface area contributed by atoms with Crippen LogP contribution in [0.1, 0.15) is 45.1 Å². The average Bonchev–Trinajstić information content (AvgIpc) is 2.64. The predicted molar refractivity (Wildman–Crippen MR) is 97.1 cm³/mol. The highest BCUT2D eigenvalue weighted by molar-refractivity contribution is 6.39. The quantitative estimate of drug-likeness (QED) is 0.568. The number of rotatable bonds is 8. The Bertz CT molecular complexity index is 673. The number of carbonyl (C=O) groups excluding carboxylic acids is 3. The number of nitrogens with one attached hydrogen (secondary N) is 1. The van der Waals surface area contributed by atoms with Crippen molar-refractivity contribution in [2.75, 3.05) is 6.61 Å². The fraction of sp³-hybridized carbons (Fsp3) is 0.474. The molecule has 1 aliphatic heterocycles. The lowest BCUT2D eigenvalue weighted by Gasteiger charge is -2.23. The van der Waals surface area contributed by atoms with Crippen LogP contribution in [0.4, 0.5) is 0 Å². The Morgan fingerprint density at radius 2 is 2.00 bits per heavy atom. The summed E-state index contributed by atoms with van der Waals surface area (Å²) in [6.07, 6.45) is 2.19. The standard InChI is InChI=1S/C19H25N3O4/c1-3-4-12-26-19(25)14(2)20-18(24)16-10-11-17(23)22(21-16)13-15-8-6-5-7-9-15/h5-9,14H,3-4,10-13H2,1-2H3,(H,20,24). The summed E-state index contributed by atoms with van der Waals surface area (Å²) in [6.45, 7) is 4.23. The summed E-state index contributed by atoms with van der Waals surface area (Å²) in [5, 5.41) is 8.08. The Balaban J connectivity index is 1.95. The van der Waals surface area contributed by atoms with E-state index in [2.05, 4.69) is 10.4 Å². The molecule has 0 aromatic heterocycles. The van der Waals surface area contributed by atoms with Gasteiger partial charge < -0.3 is 10.1 Å². The van der Waals surface area contributed by atoms with E-state index >= 15 is 0 Å². The summed E-state index contributed by atoms with van der Waals surface area (Å²) in [7, 11) is 0. The topological polar surface area (TPSA) is 88.1 Å². The molecule has 26 heavy (non-hydrogen) atoms. The molecule has 1 aromatic rings. The Morgan fingerprint density at radius 3 is 2.69 bits per heavy atom. The number of hydrazone groups is 1. The lowest BCUT2D eigenvalue weighted by Crippen LogP contribution is -2.45. The Labute approximate surface area is 153 Å². The molecule has 1 aliphatic rings. The third kappa shape index (κ3) is 5.68. The van der Waals surface area contributed by atoms with Gasteiger partial charge in [-0.05, 0) is 18.9 Å². The van der Waals surface area contributed by atoms with Crippen LogP contribution < -0.4 is 5.32 Å². The maximum absolute atomic E-state index is 12.4. The van der Waals surface area contributed by atoms with Crippen molar-refractivity contribution in [2.24, 2.45) is 5.10 Å². The zero-order chi connectivity index (χ0) is 18.9. The van der Waals surface area contributed by atoms with Crippen LogP contribution in [0.3, 0.4) is 0 Å². The summed E-state index contributed by atoms with van der Waals surface area (Å²) >= 11 is 0. The average molecular weight is 359 g/mol. The maximum atomic E-state index is 12.4. The van der Waals surface area contributed by atoms with Crippen LogP contribution in [-0.2, 0) is 25.7 Å². The molecule has 7 heteroatoms. The van der Waals surface area contributed by atoms with Gasteiger partial charge in [-0.15, -0.1) is 0 Å². The summed E-state index contributed by atoms with van der Waals surface area (Å²) < 4.78 is 5.09. The van der Waals surface area contributed by atoms with Crippen molar-refractivity contribution in [3.8, 4) is 0 Å². The van der Waals surface area contributed by atoms with Crippen molar-refractivity contribution in [3.63, 3.8) is 0 Å². The van der Waals surface area contributed by atoms with E-state index in [1.165, 1.54) is 5.01 Å². The zero-order valence-electron chi connectivity index (χ0n) is 15.2. The molecule has 2 amide bonds. The monoisotopic (exact) mass is 359 g/mol. The number of esters is 1. The van der Waals surface area contributed by atoms with E-state index in [0.717, 1.165) is 18.4 Å². The lowest BCUT2D eigenvalue weighted by molar-refractivity contribution is -0.147. The molecule has 0 radical (unpaired) electrons. The molecule has 0 fully saturated rings. The second-order valence-corrected chi connectivity index (χ2v) is 6.20. The molecule has 2 rings (SSSR count). The van der Waals surface area contributed by atoms with Gasteiger partial charge in [0.05, 0.1) is 13.2 Å². The van der Waals surface area contributed by atoms with E-state index < -0.39 is 17.9 Å². The van der Waals surface area contributed by atoms with Crippen molar-refractivity contribution in [3.05, 3.63) is 35.9 Å². The summed E-state index contributed by atoms with van der Waals surface area (Å²) in [6, 6.07) is 8.68. The minimum atomic E-state index is -0.762. The molecule has 1 aromatic carbocycles. The zero-order valence-corrected chi connectivity index (χ0v) is 15.2. The molecule has 0 bridgehead atoms. The van der Waals surface area contributed by atoms with E-state index in [0.29, 0.717) is 13.2 Å². The van der Waals surface area contributed by atoms with Crippen LogP contribution in [0, 0.1) is 0 Å². The molecule has 1 N–H and O–H groups in total. The number of ether oxygens (including phenoxy) is 1. The smallest absolute Gasteiger partial charge is 0.328 e. The number of unbranched alkanes of at least 4 members (excludes halogenated alkanes) is 1. The molecule has 7 nitrogen and oxygen atoms in total. The molecule has 0 aliphatic carbocycles. The van der Waals surface area contributed by atoms with Crippen LogP contribution in [0.5, 0.6) is 0 Å². The molecular formula is C19H25N3O4. The highest BCUT2D eigenvalue weighted by Gasteiger charge is 2.26. The first-order valence-electron chi connectivity index (χ1n) is 8.90. The van der Waals surface area contributed by atoms with E-state index in [9.17, 15) is 14.4 Å². The largest absolute Gasteiger partial charge is 0.464 e. The molecule has 140 valence electrons. The van der Waals surface area contributed by atoms with Crippen LogP contribution >= 0.6 is 0 Å². The van der Waals surface area contributed by atoms with Crippen molar-refractivity contribution in [1.29, 1.82) is 0 Å². The van der Waals surface area contributed by atoms with Crippen molar-refractivity contribution in [1.82, 2.24) is 10.3 Å². The third-order valence-electron chi connectivity index (χ3n) is 3.99. The maximum Gasteiger partial charge on any atom is 0.328 e. The molecule has 0 saturated carbocycles. The lowest BCUT2D eigenvalue weighted by atomic mass is 10.1. The normalized spacial score (nSPS) is 15.2. The molecule has 1 unspecified atom stereocenters. The second kappa shape index (κ2) is 9.70. The van der Waals surface area contributed by atoms with Gasteiger partial charge in [-0.2, -0.15) is 5.10 Å². The van der Waals surface area contributed by atoms with Crippen LogP contribution in [0.25, 0.3) is 0 Å². The van der Waals surface area contributed by atoms with Crippen LogP contribution in [0.2, 0.25) is 0 Å². The van der Waals surface area contributed by atoms with Gasteiger partial charge in [-0.3, -0.25) is 9.59 Å². The first-order valence-corrected chi connectivity index (χ1v) is 8.90. The van der Waals surface area contributed by atoms with Crippen LogP contribution in [0.15, 0.2) is 35.4 Å². The first-order chi connectivity index (χ1) is 12.5.